The monoisotopic (exact) mass is 313 g/mol. The van der Waals surface area contributed by atoms with Crippen LogP contribution in [0, 0.1) is 5.92 Å². The third-order valence-electron chi connectivity index (χ3n) is 4.60. The molecule has 0 rings (SSSR count). The standard InChI is InChI=1S/C19H39NO2/c1-6-8-10-12-14-19(5,15-13-11-9-7-2)20-17(16(3)4)18(21)22/h16-17,20H,6-15H2,1-5H3,(H,21,22)/t17-/m0/s1. The van der Waals surface area contributed by atoms with Gasteiger partial charge in [0, 0.05) is 5.54 Å². The van der Waals surface area contributed by atoms with E-state index in [4.69, 9.17) is 0 Å². The molecule has 0 aliphatic rings. The van der Waals surface area contributed by atoms with Gasteiger partial charge in [-0.1, -0.05) is 79.1 Å². The van der Waals surface area contributed by atoms with Gasteiger partial charge in [-0.15, -0.1) is 0 Å². The zero-order valence-corrected chi connectivity index (χ0v) is 15.6. The summed E-state index contributed by atoms with van der Waals surface area (Å²) in [4.78, 5) is 11.5. The summed E-state index contributed by atoms with van der Waals surface area (Å²) in [6.07, 6.45) is 12.1. The molecule has 0 amide bonds. The Morgan fingerprint density at radius 2 is 1.41 bits per heavy atom. The highest BCUT2D eigenvalue weighted by molar-refractivity contribution is 5.73. The van der Waals surface area contributed by atoms with Crippen molar-refractivity contribution in [1.82, 2.24) is 5.32 Å². The second kappa shape index (κ2) is 11.9. The molecule has 3 heteroatoms. The molecule has 0 spiro atoms. The fourth-order valence-electron chi connectivity index (χ4n) is 3.04. The largest absolute Gasteiger partial charge is 0.480 e. The van der Waals surface area contributed by atoms with Gasteiger partial charge in [0.2, 0.25) is 0 Å². The molecule has 3 nitrogen and oxygen atoms in total. The third kappa shape index (κ3) is 9.45. The molecule has 2 N–H and O–H groups in total. The molecule has 0 saturated carbocycles. The lowest BCUT2D eigenvalue weighted by Gasteiger charge is -2.36. The van der Waals surface area contributed by atoms with E-state index in [0.717, 1.165) is 12.8 Å². The summed E-state index contributed by atoms with van der Waals surface area (Å²) >= 11 is 0. The Kier molecular flexibility index (Phi) is 11.6. The van der Waals surface area contributed by atoms with Crippen molar-refractivity contribution in [2.45, 2.75) is 110 Å². The van der Waals surface area contributed by atoms with Crippen LogP contribution >= 0.6 is 0 Å². The van der Waals surface area contributed by atoms with E-state index in [1.807, 2.05) is 13.8 Å². The molecule has 0 heterocycles. The number of carboxylic acid groups (broad SMARTS) is 1. The molecule has 0 radical (unpaired) electrons. The average molecular weight is 314 g/mol. The highest BCUT2D eigenvalue weighted by atomic mass is 16.4. The van der Waals surface area contributed by atoms with E-state index in [1.54, 1.807) is 0 Å². The Hall–Kier alpha value is -0.570. The Morgan fingerprint density at radius 3 is 1.73 bits per heavy atom. The van der Waals surface area contributed by atoms with Gasteiger partial charge in [-0.3, -0.25) is 10.1 Å². The number of unbranched alkanes of at least 4 members (excludes halogenated alkanes) is 6. The minimum atomic E-state index is -0.719. The van der Waals surface area contributed by atoms with Crippen LogP contribution in [-0.2, 0) is 4.79 Å². The van der Waals surface area contributed by atoms with E-state index in [9.17, 15) is 9.90 Å². The van der Waals surface area contributed by atoms with Crippen LogP contribution in [-0.4, -0.2) is 22.7 Å². The fourth-order valence-corrected chi connectivity index (χ4v) is 3.04. The quantitative estimate of drug-likeness (QED) is 0.423. The van der Waals surface area contributed by atoms with Crippen molar-refractivity contribution in [2.75, 3.05) is 0 Å². The van der Waals surface area contributed by atoms with E-state index in [0.29, 0.717) is 0 Å². The SMILES string of the molecule is CCCCCCC(C)(CCCCCC)N[C@H](C(=O)O)C(C)C. The van der Waals surface area contributed by atoms with Crippen LogP contribution in [0.3, 0.4) is 0 Å². The fraction of sp³-hybridized carbons (Fsp3) is 0.947. The molecule has 1 atom stereocenters. The first-order valence-corrected chi connectivity index (χ1v) is 9.36. The van der Waals surface area contributed by atoms with Crippen molar-refractivity contribution in [3.63, 3.8) is 0 Å². The van der Waals surface area contributed by atoms with Crippen LogP contribution in [0.2, 0.25) is 0 Å². The summed E-state index contributed by atoms with van der Waals surface area (Å²) < 4.78 is 0. The maximum absolute atomic E-state index is 11.5. The lowest BCUT2D eigenvalue weighted by Crippen LogP contribution is -2.53. The highest BCUT2D eigenvalue weighted by Crippen LogP contribution is 2.24. The first kappa shape index (κ1) is 21.4. The van der Waals surface area contributed by atoms with E-state index in [2.05, 4.69) is 26.1 Å². The Bertz CT molecular complexity index is 277. The number of hydrogen-bond acceptors (Lipinski definition) is 2. The molecule has 0 bridgehead atoms. The topological polar surface area (TPSA) is 49.3 Å². The third-order valence-corrected chi connectivity index (χ3v) is 4.60. The van der Waals surface area contributed by atoms with E-state index in [1.165, 1.54) is 51.4 Å². The number of aliphatic carboxylic acids is 1. The Labute approximate surface area is 138 Å². The Morgan fingerprint density at radius 1 is 0.955 bits per heavy atom. The predicted octanol–water partition coefficient (Wildman–Crippen LogP) is 5.38. The van der Waals surface area contributed by atoms with Gasteiger partial charge in [0.25, 0.3) is 0 Å². The minimum absolute atomic E-state index is 0.0468. The van der Waals surface area contributed by atoms with Crippen LogP contribution in [0.5, 0.6) is 0 Å². The number of hydrogen-bond donors (Lipinski definition) is 2. The summed E-state index contributed by atoms with van der Waals surface area (Å²) in [6.45, 7) is 10.6. The van der Waals surface area contributed by atoms with E-state index < -0.39 is 12.0 Å². The molecule has 0 saturated heterocycles. The van der Waals surface area contributed by atoms with Gasteiger partial charge in [-0.05, 0) is 25.7 Å². The second-order valence-corrected chi connectivity index (χ2v) is 7.39. The molecule has 0 aliphatic carbocycles. The van der Waals surface area contributed by atoms with Crippen molar-refractivity contribution in [2.24, 2.45) is 5.92 Å². The molecule has 0 aromatic rings. The number of carbonyl (C=O) groups is 1. The van der Waals surface area contributed by atoms with Crippen LogP contribution in [0.4, 0.5) is 0 Å². The van der Waals surface area contributed by atoms with E-state index >= 15 is 0 Å². The molecule has 0 fully saturated rings. The maximum Gasteiger partial charge on any atom is 0.320 e. The van der Waals surface area contributed by atoms with Gasteiger partial charge < -0.3 is 5.11 Å². The molecule has 0 aromatic heterocycles. The lowest BCUT2D eigenvalue weighted by atomic mass is 9.86. The first-order valence-electron chi connectivity index (χ1n) is 9.36. The maximum atomic E-state index is 11.5. The summed E-state index contributed by atoms with van der Waals surface area (Å²) in [7, 11) is 0. The lowest BCUT2D eigenvalue weighted by molar-refractivity contribution is -0.141. The summed E-state index contributed by atoms with van der Waals surface area (Å²) in [5, 5.41) is 12.9. The molecule has 0 unspecified atom stereocenters. The highest BCUT2D eigenvalue weighted by Gasteiger charge is 2.31. The van der Waals surface area contributed by atoms with Crippen LogP contribution < -0.4 is 5.32 Å². The zero-order chi connectivity index (χ0) is 17.0. The van der Waals surface area contributed by atoms with Crippen molar-refractivity contribution in [1.29, 1.82) is 0 Å². The van der Waals surface area contributed by atoms with Crippen molar-refractivity contribution >= 4 is 5.97 Å². The van der Waals surface area contributed by atoms with Gasteiger partial charge >= 0.3 is 5.97 Å². The zero-order valence-electron chi connectivity index (χ0n) is 15.6. The molecular formula is C19H39NO2. The first-order chi connectivity index (χ1) is 10.4. The van der Waals surface area contributed by atoms with Gasteiger partial charge in [-0.25, -0.2) is 0 Å². The number of rotatable bonds is 14. The van der Waals surface area contributed by atoms with Crippen molar-refractivity contribution in [3.05, 3.63) is 0 Å². The van der Waals surface area contributed by atoms with Crippen LogP contribution in [0.15, 0.2) is 0 Å². The van der Waals surface area contributed by atoms with Crippen LogP contribution in [0.1, 0.15) is 98.8 Å². The van der Waals surface area contributed by atoms with Gasteiger partial charge in [-0.2, -0.15) is 0 Å². The summed E-state index contributed by atoms with van der Waals surface area (Å²) in [5.74, 6) is -0.605. The van der Waals surface area contributed by atoms with Crippen molar-refractivity contribution in [3.8, 4) is 0 Å². The number of nitrogens with one attached hydrogen (secondary N) is 1. The normalized spacial score (nSPS) is 13.5. The van der Waals surface area contributed by atoms with Crippen molar-refractivity contribution < 1.29 is 9.90 Å². The predicted molar refractivity (Wildman–Crippen MR) is 95.3 cm³/mol. The molecule has 132 valence electrons. The van der Waals surface area contributed by atoms with Crippen LogP contribution in [0.25, 0.3) is 0 Å². The average Bonchev–Trinajstić information content (AvgIpc) is 2.45. The molecular weight excluding hydrogens is 274 g/mol. The summed E-state index contributed by atoms with van der Waals surface area (Å²) in [6, 6.07) is -0.442. The molecule has 0 aliphatic heterocycles. The molecule has 0 aromatic carbocycles. The van der Waals surface area contributed by atoms with Gasteiger partial charge in [0.1, 0.15) is 6.04 Å². The van der Waals surface area contributed by atoms with E-state index in [-0.39, 0.29) is 11.5 Å². The van der Waals surface area contributed by atoms with Gasteiger partial charge in [0.05, 0.1) is 0 Å². The number of carboxylic acids is 1. The second-order valence-electron chi connectivity index (χ2n) is 7.39. The minimum Gasteiger partial charge on any atom is -0.480 e. The summed E-state index contributed by atoms with van der Waals surface area (Å²) in [5.41, 5.74) is -0.0468. The molecule has 22 heavy (non-hydrogen) atoms. The smallest absolute Gasteiger partial charge is 0.320 e. The Balaban J connectivity index is 4.62. The van der Waals surface area contributed by atoms with Gasteiger partial charge in [0.15, 0.2) is 0 Å².